The van der Waals surface area contributed by atoms with Gasteiger partial charge in [-0.1, -0.05) is 31.5 Å². The third-order valence-electron chi connectivity index (χ3n) is 3.39. The summed E-state index contributed by atoms with van der Waals surface area (Å²) < 4.78 is 0. The molecule has 92 valence electrons. The molecule has 2 rings (SSSR count). The molecule has 1 amide bonds. The number of carbonyl (C=O) groups is 1. The van der Waals surface area contributed by atoms with E-state index >= 15 is 0 Å². The molecule has 0 aliphatic carbocycles. The van der Waals surface area contributed by atoms with Crippen molar-refractivity contribution in [3.63, 3.8) is 0 Å². The van der Waals surface area contributed by atoms with Crippen LogP contribution in [-0.2, 0) is 4.79 Å². The fraction of sp³-hybridized carbons (Fsp3) is 0.500. The number of hydrogen-bond donors (Lipinski definition) is 1. The predicted molar refractivity (Wildman–Crippen MR) is 70.2 cm³/mol. The summed E-state index contributed by atoms with van der Waals surface area (Å²) in [5.74, 6) is 0.185. The maximum absolute atomic E-state index is 12.3. The molecule has 1 atom stereocenters. The minimum absolute atomic E-state index is 0.165. The second-order valence-corrected chi connectivity index (χ2v) is 4.58. The number of anilines is 1. The molecule has 0 saturated heterocycles. The van der Waals surface area contributed by atoms with Gasteiger partial charge in [-0.05, 0) is 26.0 Å². The van der Waals surface area contributed by atoms with Gasteiger partial charge in [0.25, 0.3) is 0 Å². The molecule has 1 unspecified atom stereocenters. The summed E-state index contributed by atoms with van der Waals surface area (Å²) in [6, 6.07) is 5.98. The van der Waals surface area contributed by atoms with Crippen molar-refractivity contribution in [1.82, 2.24) is 5.32 Å². The number of aryl methyl sites for hydroxylation is 1. The second kappa shape index (κ2) is 4.88. The molecular weight excluding hydrogens is 212 g/mol. The van der Waals surface area contributed by atoms with E-state index in [0.29, 0.717) is 0 Å². The van der Waals surface area contributed by atoms with Crippen molar-refractivity contribution in [2.45, 2.75) is 32.7 Å². The van der Waals surface area contributed by atoms with Crippen LogP contribution in [-0.4, -0.2) is 19.5 Å². The summed E-state index contributed by atoms with van der Waals surface area (Å²) in [6.45, 7) is 5.04. The van der Waals surface area contributed by atoms with Crippen LogP contribution in [0.15, 0.2) is 18.2 Å². The van der Waals surface area contributed by atoms with E-state index in [4.69, 9.17) is 0 Å². The van der Waals surface area contributed by atoms with Crippen LogP contribution in [0.3, 0.4) is 0 Å². The Kier molecular flexibility index (Phi) is 3.48. The van der Waals surface area contributed by atoms with Crippen molar-refractivity contribution in [2.75, 3.05) is 18.5 Å². The van der Waals surface area contributed by atoms with Gasteiger partial charge in [0, 0.05) is 12.1 Å². The van der Waals surface area contributed by atoms with Crippen LogP contribution < -0.4 is 10.2 Å². The van der Waals surface area contributed by atoms with Crippen molar-refractivity contribution in [2.24, 2.45) is 0 Å². The van der Waals surface area contributed by atoms with Crippen molar-refractivity contribution in [3.8, 4) is 0 Å². The number of unbranched alkanes of at least 4 members (excludes halogenated alkanes) is 1. The number of amides is 1. The number of carbonyl (C=O) groups excluding carboxylic acids is 1. The van der Waals surface area contributed by atoms with Crippen LogP contribution in [0.2, 0.25) is 0 Å². The number of fused-ring (bicyclic) bond motifs is 1. The monoisotopic (exact) mass is 232 g/mol. The molecule has 1 aliphatic heterocycles. The summed E-state index contributed by atoms with van der Waals surface area (Å²) >= 11 is 0. The molecule has 3 nitrogen and oxygen atoms in total. The van der Waals surface area contributed by atoms with E-state index in [-0.39, 0.29) is 11.9 Å². The molecule has 0 radical (unpaired) electrons. The zero-order chi connectivity index (χ0) is 12.4. The quantitative estimate of drug-likeness (QED) is 0.864. The molecule has 0 aromatic heterocycles. The largest absolute Gasteiger partial charge is 0.310 e. The highest BCUT2D eigenvalue weighted by Gasteiger charge is 2.36. The summed E-state index contributed by atoms with van der Waals surface area (Å²) in [5, 5.41) is 3.11. The van der Waals surface area contributed by atoms with Crippen LogP contribution in [0.25, 0.3) is 0 Å². The minimum atomic E-state index is -0.165. The normalized spacial score (nSPS) is 18.6. The standard InChI is InChI=1S/C14H20N2O/c1-4-5-9-16-13-10(2)7-6-8-11(13)12(15-3)14(16)17/h6-8,12,15H,4-5,9H2,1-3H3. The molecule has 17 heavy (non-hydrogen) atoms. The smallest absolute Gasteiger partial charge is 0.248 e. The van der Waals surface area contributed by atoms with Gasteiger partial charge in [-0.2, -0.15) is 0 Å². The van der Waals surface area contributed by atoms with E-state index in [0.717, 1.165) is 30.6 Å². The van der Waals surface area contributed by atoms with Gasteiger partial charge in [0.15, 0.2) is 0 Å². The van der Waals surface area contributed by atoms with E-state index in [1.807, 2.05) is 24.1 Å². The summed E-state index contributed by atoms with van der Waals surface area (Å²) in [4.78, 5) is 14.3. The van der Waals surface area contributed by atoms with Crippen molar-refractivity contribution >= 4 is 11.6 Å². The Labute approximate surface area is 103 Å². The van der Waals surface area contributed by atoms with Crippen LogP contribution in [0.1, 0.15) is 36.9 Å². The molecular formula is C14H20N2O. The summed E-state index contributed by atoms with van der Waals surface area (Å²) in [7, 11) is 1.85. The van der Waals surface area contributed by atoms with E-state index in [2.05, 4.69) is 25.2 Å². The first-order valence-corrected chi connectivity index (χ1v) is 6.28. The summed E-state index contributed by atoms with van der Waals surface area (Å²) in [5.41, 5.74) is 3.42. The topological polar surface area (TPSA) is 32.3 Å². The lowest BCUT2D eigenvalue weighted by molar-refractivity contribution is -0.119. The van der Waals surface area contributed by atoms with Gasteiger partial charge < -0.3 is 10.2 Å². The zero-order valence-electron chi connectivity index (χ0n) is 10.8. The predicted octanol–water partition coefficient (Wildman–Crippen LogP) is 2.40. The fourth-order valence-corrected chi connectivity index (χ4v) is 2.50. The van der Waals surface area contributed by atoms with Crippen LogP contribution in [0.4, 0.5) is 5.69 Å². The maximum atomic E-state index is 12.3. The highest BCUT2D eigenvalue weighted by atomic mass is 16.2. The SMILES string of the molecule is CCCCN1C(=O)C(NC)c2cccc(C)c21. The first-order chi connectivity index (χ1) is 8.20. The maximum Gasteiger partial charge on any atom is 0.248 e. The van der Waals surface area contributed by atoms with Gasteiger partial charge in [-0.15, -0.1) is 0 Å². The molecule has 1 heterocycles. The Morgan fingerprint density at radius 2 is 2.18 bits per heavy atom. The number of likely N-dealkylation sites (N-methyl/N-ethyl adjacent to an activating group) is 1. The lowest BCUT2D eigenvalue weighted by Crippen LogP contribution is -2.34. The molecule has 1 aliphatic rings. The lowest BCUT2D eigenvalue weighted by Gasteiger charge is -2.19. The molecule has 0 spiro atoms. The zero-order valence-corrected chi connectivity index (χ0v) is 10.8. The Morgan fingerprint density at radius 3 is 2.82 bits per heavy atom. The first-order valence-electron chi connectivity index (χ1n) is 6.28. The van der Waals surface area contributed by atoms with Crippen molar-refractivity contribution < 1.29 is 4.79 Å². The van der Waals surface area contributed by atoms with Gasteiger partial charge >= 0.3 is 0 Å². The molecule has 1 N–H and O–H groups in total. The van der Waals surface area contributed by atoms with E-state index in [9.17, 15) is 4.79 Å². The third-order valence-corrected chi connectivity index (χ3v) is 3.39. The van der Waals surface area contributed by atoms with E-state index in [1.54, 1.807) is 0 Å². The number of hydrogen-bond acceptors (Lipinski definition) is 2. The van der Waals surface area contributed by atoms with Crippen LogP contribution in [0, 0.1) is 6.92 Å². The number of nitrogens with one attached hydrogen (secondary N) is 1. The number of benzene rings is 1. The Morgan fingerprint density at radius 1 is 1.41 bits per heavy atom. The van der Waals surface area contributed by atoms with Gasteiger partial charge in [0.1, 0.15) is 6.04 Å². The van der Waals surface area contributed by atoms with Crippen LogP contribution in [0.5, 0.6) is 0 Å². The highest BCUT2D eigenvalue weighted by molar-refractivity contribution is 6.05. The molecule has 3 heteroatoms. The number of nitrogens with zero attached hydrogens (tertiary/aromatic N) is 1. The lowest BCUT2D eigenvalue weighted by atomic mass is 10.1. The van der Waals surface area contributed by atoms with E-state index in [1.165, 1.54) is 5.56 Å². The van der Waals surface area contributed by atoms with Gasteiger partial charge in [0.05, 0.1) is 5.69 Å². The molecule has 0 bridgehead atoms. The Balaban J connectivity index is 2.41. The molecule has 1 aromatic rings. The van der Waals surface area contributed by atoms with Gasteiger partial charge in [-0.3, -0.25) is 4.79 Å². The van der Waals surface area contributed by atoms with Crippen molar-refractivity contribution in [3.05, 3.63) is 29.3 Å². The highest BCUT2D eigenvalue weighted by Crippen LogP contribution is 2.38. The van der Waals surface area contributed by atoms with Gasteiger partial charge in [-0.25, -0.2) is 0 Å². The Hall–Kier alpha value is -1.35. The minimum Gasteiger partial charge on any atom is -0.310 e. The average molecular weight is 232 g/mol. The van der Waals surface area contributed by atoms with E-state index < -0.39 is 0 Å². The second-order valence-electron chi connectivity index (χ2n) is 4.58. The molecule has 0 fully saturated rings. The molecule has 1 aromatic carbocycles. The van der Waals surface area contributed by atoms with Crippen molar-refractivity contribution in [1.29, 1.82) is 0 Å². The van der Waals surface area contributed by atoms with Crippen LogP contribution >= 0.6 is 0 Å². The number of para-hydroxylation sites is 1. The summed E-state index contributed by atoms with van der Waals surface area (Å²) in [6.07, 6.45) is 2.16. The number of rotatable bonds is 4. The third kappa shape index (κ3) is 1.95. The Bertz CT molecular complexity index is 428. The molecule has 0 saturated carbocycles. The first kappa shape index (κ1) is 12.1. The van der Waals surface area contributed by atoms with Gasteiger partial charge in [0.2, 0.25) is 5.91 Å². The fourth-order valence-electron chi connectivity index (χ4n) is 2.50. The average Bonchev–Trinajstić information content (AvgIpc) is 2.60.